The summed E-state index contributed by atoms with van der Waals surface area (Å²) in [7, 11) is 0. The van der Waals surface area contributed by atoms with E-state index in [9.17, 15) is 9.59 Å². The van der Waals surface area contributed by atoms with Crippen LogP contribution in [0.3, 0.4) is 0 Å². The van der Waals surface area contributed by atoms with Gasteiger partial charge in [0.15, 0.2) is 6.61 Å². The molecule has 6 nitrogen and oxygen atoms in total. The second-order valence-electron chi connectivity index (χ2n) is 5.13. The summed E-state index contributed by atoms with van der Waals surface area (Å²) in [6, 6.07) is 9.20. The Balaban J connectivity index is 1.93. The first-order chi connectivity index (χ1) is 11.0. The van der Waals surface area contributed by atoms with Crippen LogP contribution < -0.4 is 5.32 Å². The van der Waals surface area contributed by atoms with Crippen LogP contribution in [0.5, 0.6) is 0 Å². The van der Waals surface area contributed by atoms with Gasteiger partial charge < -0.3 is 10.1 Å². The fourth-order valence-corrected chi connectivity index (χ4v) is 2.09. The number of hydrogen-bond acceptors (Lipinski definition) is 4. The minimum Gasteiger partial charge on any atom is -0.451 e. The highest BCUT2D eigenvalue weighted by molar-refractivity contribution is 9.10. The molecule has 23 heavy (non-hydrogen) atoms. The van der Waals surface area contributed by atoms with Gasteiger partial charge in [0.1, 0.15) is 5.69 Å². The summed E-state index contributed by atoms with van der Waals surface area (Å²) in [6.07, 6.45) is 0.816. The molecule has 0 aliphatic carbocycles. The Hall–Kier alpha value is -2.15. The highest BCUT2D eigenvalue weighted by Gasteiger charge is 2.14. The first kappa shape index (κ1) is 17.2. The number of nitrogens with one attached hydrogen (secondary N) is 2. The summed E-state index contributed by atoms with van der Waals surface area (Å²) in [5.74, 6) is -0.930. The molecule has 1 aromatic carbocycles. The van der Waals surface area contributed by atoms with Gasteiger partial charge in [0.05, 0.1) is 5.69 Å². The zero-order valence-electron chi connectivity index (χ0n) is 12.9. The zero-order chi connectivity index (χ0) is 16.8. The Morgan fingerprint density at radius 1 is 1.35 bits per heavy atom. The number of aromatic nitrogens is 2. The fourth-order valence-electron chi connectivity index (χ4n) is 1.82. The van der Waals surface area contributed by atoms with Crippen molar-refractivity contribution in [2.24, 2.45) is 0 Å². The minimum atomic E-state index is -0.611. The SMILES string of the molecule is CCC(C)NC(=O)COC(=O)c1cc(-c2ccc(Br)cc2)n[nH]1. The molecule has 2 aromatic rings. The van der Waals surface area contributed by atoms with Crippen LogP contribution in [-0.2, 0) is 9.53 Å². The first-order valence-corrected chi connectivity index (χ1v) is 8.06. The van der Waals surface area contributed by atoms with E-state index >= 15 is 0 Å². The van der Waals surface area contributed by atoms with Gasteiger partial charge in [-0.25, -0.2) is 4.79 Å². The average Bonchev–Trinajstić information content (AvgIpc) is 3.03. The van der Waals surface area contributed by atoms with Crippen LogP contribution in [0.15, 0.2) is 34.8 Å². The van der Waals surface area contributed by atoms with E-state index in [1.54, 1.807) is 6.07 Å². The third kappa shape index (κ3) is 4.92. The summed E-state index contributed by atoms with van der Waals surface area (Å²) in [6.45, 7) is 3.54. The van der Waals surface area contributed by atoms with Gasteiger partial charge in [-0.2, -0.15) is 5.10 Å². The van der Waals surface area contributed by atoms with Gasteiger partial charge in [-0.1, -0.05) is 35.0 Å². The molecule has 0 aliphatic heterocycles. The second-order valence-corrected chi connectivity index (χ2v) is 6.04. The molecule has 1 aromatic heterocycles. The largest absolute Gasteiger partial charge is 0.451 e. The van der Waals surface area contributed by atoms with Crippen molar-refractivity contribution in [3.8, 4) is 11.3 Å². The van der Waals surface area contributed by atoms with Crippen molar-refractivity contribution in [1.82, 2.24) is 15.5 Å². The molecule has 1 atom stereocenters. The molecule has 1 unspecified atom stereocenters. The van der Waals surface area contributed by atoms with Crippen LogP contribution in [-0.4, -0.2) is 34.7 Å². The third-order valence-corrected chi connectivity index (χ3v) is 3.82. The second kappa shape index (κ2) is 7.92. The van der Waals surface area contributed by atoms with Gasteiger partial charge in [0.2, 0.25) is 0 Å². The van der Waals surface area contributed by atoms with Crippen molar-refractivity contribution in [3.05, 3.63) is 40.5 Å². The lowest BCUT2D eigenvalue weighted by Gasteiger charge is -2.10. The number of H-pyrrole nitrogens is 1. The number of ether oxygens (including phenoxy) is 1. The van der Waals surface area contributed by atoms with E-state index in [1.165, 1.54) is 0 Å². The highest BCUT2D eigenvalue weighted by Crippen LogP contribution is 2.20. The Bertz CT molecular complexity index is 682. The molecule has 0 saturated heterocycles. The molecule has 7 heteroatoms. The van der Waals surface area contributed by atoms with E-state index in [1.807, 2.05) is 38.1 Å². The minimum absolute atomic E-state index is 0.0531. The number of esters is 1. The number of rotatable bonds is 6. The Morgan fingerprint density at radius 3 is 2.70 bits per heavy atom. The van der Waals surface area contributed by atoms with Crippen molar-refractivity contribution in [2.75, 3.05) is 6.61 Å². The number of carbonyl (C=O) groups excluding carboxylic acids is 2. The van der Waals surface area contributed by atoms with Gasteiger partial charge >= 0.3 is 5.97 Å². The van der Waals surface area contributed by atoms with Crippen molar-refractivity contribution in [3.63, 3.8) is 0 Å². The van der Waals surface area contributed by atoms with Crippen molar-refractivity contribution < 1.29 is 14.3 Å². The van der Waals surface area contributed by atoms with Gasteiger partial charge in [-0.05, 0) is 31.5 Å². The lowest BCUT2D eigenvalue weighted by molar-refractivity contribution is -0.124. The van der Waals surface area contributed by atoms with E-state index in [-0.39, 0.29) is 24.2 Å². The van der Waals surface area contributed by atoms with Crippen molar-refractivity contribution in [1.29, 1.82) is 0 Å². The fraction of sp³-hybridized carbons (Fsp3) is 0.312. The number of nitrogens with zero attached hydrogens (tertiary/aromatic N) is 1. The molecule has 122 valence electrons. The summed E-state index contributed by atoms with van der Waals surface area (Å²) in [5, 5.41) is 9.44. The summed E-state index contributed by atoms with van der Waals surface area (Å²) in [4.78, 5) is 23.5. The Labute approximate surface area is 142 Å². The number of aromatic amines is 1. The topological polar surface area (TPSA) is 84.1 Å². The summed E-state index contributed by atoms with van der Waals surface area (Å²) < 4.78 is 5.94. The van der Waals surface area contributed by atoms with E-state index in [0.29, 0.717) is 5.69 Å². The van der Waals surface area contributed by atoms with Crippen LogP contribution in [0, 0.1) is 0 Å². The van der Waals surface area contributed by atoms with Crippen LogP contribution in [0.1, 0.15) is 30.8 Å². The van der Waals surface area contributed by atoms with E-state index in [2.05, 4.69) is 31.4 Å². The maximum Gasteiger partial charge on any atom is 0.356 e. The first-order valence-electron chi connectivity index (χ1n) is 7.27. The van der Waals surface area contributed by atoms with E-state index < -0.39 is 5.97 Å². The van der Waals surface area contributed by atoms with Crippen molar-refractivity contribution in [2.45, 2.75) is 26.3 Å². The standard InChI is InChI=1S/C16H18BrN3O3/c1-3-10(2)18-15(21)9-23-16(22)14-8-13(19-20-14)11-4-6-12(17)7-5-11/h4-8,10H,3,9H2,1-2H3,(H,18,21)(H,19,20). The molecule has 2 N–H and O–H groups in total. The monoisotopic (exact) mass is 379 g/mol. The third-order valence-electron chi connectivity index (χ3n) is 3.29. The molecule has 1 amide bonds. The van der Waals surface area contributed by atoms with Crippen LogP contribution in [0.4, 0.5) is 0 Å². The molecule has 0 radical (unpaired) electrons. The average molecular weight is 380 g/mol. The quantitative estimate of drug-likeness (QED) is 0.755. The Morgan fingerprint density at radius 2 is 2.04 bits per heavy atom. The van der Waals surface area contributed by atoms with Gasteiger partial charge in [-0.15, -0.1) is 0 Å². The number of carbonyl (C=O) groups is 2. The predicted octanol–water partition coefficient (Wildman–Crippen LogP) is 2.91. The van der Waals surface area contributed by atoms with Gasteiger partial charge in [0.25, 0.3) is 5.91 Å². The molecule has 1 heterocycles. The molecule has 0 bridgehead atoms. The van der Waals surface area contributed by atoms with Crippen LogP contribution >= 0.6 is 15.9 Å². The smallest absolute Gasteiger partial charge is 0.356 e. The Kier molecular flexibility index (Phi) is 5.92. The maximum absolute atomic E-state index is 11.9. The molecule has 2 rings (SSSR count). The highest BCUT2D eigenvalue weighted by atomic mass is 79.9. The van der Waals surface area contributed by atoms with Gasteiger partial charge in [-0.3, -0.25) is 9.89 Å². The van der Waals surface area contributed by atoms with E-state index in [0.717, 1.165) is 16.5 Å². The lowest BCUT2D eigenvalue weighted by atomic mass is 10.1. The molecular weight excluding hydrogens is 362 g/mol. The van der Waals surface area contributed by atoms with Crippen molar-refractivity contribution >= 4 is 27.8 Å². The lowest BCUT2D eigenvalue weighted by Crippen LogP contribution is -2.35. The molecular formula is C16H18BrN3O3. The van der Waals surface area contributed by atoms with Crippen LogP contribution in [0.2, 0.25) is 0 Å². The zero-order valence-corrected chi connectivity index (χ0v) is 14.5. The predicted molar refractivity (Wildman–Crippen MR) is 89.9 cm³/mol. The number of halogens is 1. The normalized spacial score (nSPS) is 11.8. The molecule has 0 aliphatic rings. The molecule has 0 fully saturated rings. The van der Waals surface area contributed by atoms with Gasteiger partial charge in [0, 0.05) is 16.1 Å². The number of amides is 1. The van der Waals surface area contributed by atoms with Crippen LogP contribution in [0.25, 0.3) is 11.3 Å². The maximum atomic E-state index is 11.9. The molecule has 0 saturated carbocycles. The number of hydrogen-bond donors (Lipinski definition) is 2. The molecule has 0 spiro atoms. The summed E-state index contributed by atoms with van der Waals surface area (Å²) >= 11 is 3.36. The van der Waals surface area contributed by atoms with E-state index in [4.69, 9.17) is 4.74 Å². The summed E-state index contributed by atoms with van der Waals surface area (Å²) in [5.41, 5.74) is 1.71. The number of benzene rings is 1.